The van der Waals surface area contributed by atoms with Crippen LogP contribution in [0.15, 0.2) is 60.7 Å². The Hall–Kier alpha value is -1.35. The third kappa shape index (κ3) is 3.33. The Kier molecular flexibility index (Phi) is 5.86. The van der Waals surface area contributed by atoms with E-state index in [0.29, 0.717) is 6.54 Å². The van der Waals surface area contributed by atoms with Crippen LogP contribution in [0, 0.1) is 0 Å². The molecule has 0 saturated heterocycles. The van der Waals surface area contributed by atoms with Gasteiger partial charge in [-0.1, -0.05) is 60.7 Å². The van der Waals surface area contributed by atoms with Crippen LogP contribution in [0.1, 0.15) is 23.1 Å². The number of aliphatic hydroxyl groups is 1. The smallest absolute Gasteiger partial charge is 0.0870 e. The molecule has 0 aliphatic heterocycles. The van der Waals surface area contributed by atoms with Crippen molar-refractivity contribution >= 4 is 12.4 Å². The number of benzene rings is 2. The average molecular weight is 264 g/mol. The lowest BCUT2D eigenvalue weighted by atomic mass is 9.89. The minimum Gasteiger partial charge on any atom is -0.388 e. The van der Waals surface area contributed by atoms with E-state index in [4.69, 9.17) is 5.73 Å². The number of halogens is 1. The number of rotatable bonds is 4. The lowest BCUT2D eigenvalue weighted by molar-refractivity contribution is 0.147. The molecule has 18 heavy (non-hydrogen) atoms. The highest BCUT2D eigenvalue weighted by atomic mass is 35.5. The summed E-state index contributed by atoms with van der Waals surface area (Å²) in [6.45, 7) is 0.431. The number of hydrogen-bond donors (Lipinski definition) is 2. The molecule has 0 spiro atoms. The molecule has 0 heterocycles. The van der Waals surface area contributed by atoms with Gasteiger partial charge < -0.3 is 10.8 Å². The summed E-state index contributed by atoms with van der Waals surface area (Å²) < 4.78 is 0. The number of aliphatic hydroxyl groups excluding tert-OH is 1. The summed E-state index contributed by atoms with van der Waals surface area (Å²) in [5.74, 6) is -0.0569. The Bertz CT molecular complexity index is 447. The lowest BCUT2D eigenvalue weighted by Crippen LogP contribution is -2.20. The molecule has 0 radical (unpaired) electrons. The highest BCUT2D eigenvalue weighted by Crippen LogP contribution is 2.29. The van der Waals surface area contributed by atoms with Gasteiger partial charge >= 0.3 is 0 Å². The van der Waals surface area contributed by atoms with Gasteiger partial charge in [0.2, 0.25) is 0 Å². The summed E-state index contributed by atoms with van der Waals surface area (Å²) in [4.78, 5) is 0. The van der Waals surface area contributed by atoms with Gasteiger partial charge in [-0.3, -0.25) is 0 Å². The molecule has 3 heteroatoms. The molecule has 0 saturated carbocycles. The van der Waals surface area contributed by atoms with Crippen LogP contribution in [0.2, 0.25) is 0 Å². The Labute approximate surface area is 114 Å². The first-order valence-electron chi connectivity index (χ1n) is 5.81. The second-order valence-electron chi connectivity index (χ2n) is 4.11. The van der Waals surface area contributed by atoms with Crippen LogP contribution < -0.4 is 5.73 Å². The van der Waals surface area contributed by atoms with E-state index < -0.39 is 6.10 Å². The van der Waals surface area contributed by atoms with Crippen LogP contribution in [-0.2, 0) is 0 Å². The van der Waals surface area contributed by atoms with Gasteiger partial charge in [0.05, 0.1) is 6.10 Å². The molecule has 0 aliphatic rings. The fraction of sp³-hybridized carbons (Fsp3) is 0.200. The minimum atomic E-state index is -0.552. The fourth-order valence-electron chi connectivity index (χ4n) is 2.03. The highest BCUT2D eigenvalue weighted by Gasteiger charge is 2.20. The van der Waals surface area contributed by atoms with Gasteiger partial charge in [-0.05, 0) is 11.1 Å². The molecule has 96 valence electrons. The van der Waals surface area contributed by atoms with Crippen LogP contribution in [0.4, 0.5) is 0 Å². The van der Waals surface area contributed by atoms with Crippen molar-refractivity contribution in [2.75, 3.05) is 6.54 Å². The predicted octanol–water partition coefficient (Wildman–Crippen LogP) is 2.88. The van der Waals surface area contributed by atoms with Crippen molar-refractivity contribution in [2.24, 2.45) is 5.73 Å². The first kappa shape index (κ1) is 14.7. The molecule has 0 unspecified atom stereocenters. The fourth-order valence-corrected chi connectivity index (χ4v) is 2.03. The standard InChI is InChI=1S/C15H17NO.ClH/c16-11-14(12-7-3-1-4-8-12)15(17)13-9-5-2-6-10-13;/h1-10,14-15,17H,11,16H2;1H/t14-,15-;/m0./s1. The number of nitrogens with two attached hydrogens (primary N) is 1. The zero-order chi connectivity index (χ0) is 12.1. The monoisotopic (exact) mass is 263 g/mol. The summed E-state index contributed by atoms with van der Waals surface area (Å²) >= 11 is 0. The van der Waals surface area contributed by atoms with Gasteiger partial charge in [-0.2, -0.15) is 0 Å². The predicted molar refractivity (Wildman–Crippen MR) is 76.9 cm³/mol. The summed E-state index contributed by atoms with van der Waals surface area (Å²) in [5, 5.41) is 10.4. The number of hydrogen-bond acceptors (Lipinski definition) is 2. The van der Waals surface area contributed by atoms with E-state index in [9.17, 15) is 5.11 Å². The highest BCUT2D eigenvalue weighted by molar-refractivity contribution is 5.85. The van der Waals surface area contributed by atoms with Gasteiger partial charge in [0.15, 0.2) is 0 Å². The quantitative estimate of drug-likeness (QED) is 0.891. The molecule has 2 rings (SSSR count). The van der Waals surface area contributed by atoms with Crippen molar-refractivity contribution in [2.45, 2.75) is 12.0 Å². The molecule has 0 amide bonds. The van der Waals surface area contributed by atoms with Crippen molar-refractivity contribution in [1.29, 1.82) is 0 Å². The Morgan fingerprint density at radius 3 is 1.72 bits per heavy atom. The van der Waals surface area contributed by atoms with E-state index in [0.717, 1.165) is 11.1 Å². The van der Waals surface area contributed by atoms with Crippen molar-refractivity contribution < 1.29 is 5.11 Å². The topological polar surface area (TPSA) is 46.2 Å². The average Bonchev–Trinajstić information content (AvgIpc) is 2.42. The van der Waals surface area contributed by atoms with Gasteiger partial charge in [0, 0.05) is 12.5 Å². The van der Waals surface area contributed by atoms with Crippen LogP contribution in [0.25, 0.3) is 0 Å². The Morgan fingerprint density at radius 2 is 1.28 bits per heavy atom. The van der Waals surface area contributed by atoms with Gasteiger partial charge in [-0.25, -0.2) is 0 Å². The molecule has 0 fully saturated rings. The van der Waals surface area contributed by atoms with E-state index in [1.54, 1.807) is 0 Å². The zero-order valence-electron chi connectivity index (χ0n) is 10.1. The first-order valence-corrected chi connectivity index (χ1v) is 5.81. The largest absolute Gasteiger partial charge is 0.388 e. The molecular formula is C15H18ClNO. The second kappa shape index (κ2) is 7.17. The summed E-state index contributed by atoms with van der Waals surface area (Å²) in [6, 6.07) is 19.6. The van der Waals surface area contributed by atoms with Crippen molar-refractivity contribution in [1.82, 2.24) is 0 Å². The van der Waals surface area contributed by atoms with E-state index in [1.165, 1.54) is 0 Å². The van der Waals surface area contributed by atoms with Crippen LogP contribution in [0.5, 0.6) is 0 Å². The zero-order valence-corrected chi connectivity index (χ0v) is 10.9. The van der Waals surface area contributed by atoms with Crippen LogP contribution in [0.3, 0.4) is 0 Å². The molecule has 0 aliphatic carbocycles. The van der Waals surface area contributed by atoms with Gasteiger partial charge in [0.1, 0.15) is 0 Å². The van der Waals surface area contributed by atoms with Crippen molar-refractivity contribution in [3.8, 4) is 0 Å². The normalized spacial score (nSPS) is 13.4. The molecular weight excluding hydrogens is 246 g/mol. The minimum absolute atomic E-state index is 0. The maximum Gasteiger partial charge on any atom is 0.0870 e. The SMILES string of the molecule is Cl.NC[C@@H](c1ccccc1)[C@@H](O)c1ccccc1. The van der Waals surface area contributed by atoms with E-state index in [1.807, 2.05) is 60.7 Å². The third-order valence-electron chi connectivity index (χ3n) is 3.00. The Morgan fingerprint density at radius 1 is 0.833 bits per heavy atom. The van der Waals surface area contributed by atoms with E-state index >= 15 is 0 Å². The lowest BCUT2D eigenvalue weighted by Gasteiger charge is -2.22. The molecule has 2 nitrogen and oxygen atoms in total. The second-order valence-corrected chi connectivity index (χ2v) is 4.11. The summed E-state index contributed by atoms with van der Waals surface area (Å²) in [7, 11) is 0. The summed E-state index contributed by atoms with van der Waals surface area (Å²) in [6.07, 6.45) is -0.552. The molecule has 2 atom stereocenters. The third-order valence-corrected chi connectivity index (χ3v) is 3.00. The van der Waals surface area contributed by atoms with Crippen LogP contribution >= 0.6 is 12.4 Å². The molecule has 2 aromatic rings. The molecule has 0 bridgehead atoms. The maximum absolute atomic E-state index is 10.4. The van der Waals surface area contributed by atoms with Gasteiger partial charge in [0.25, 0.3) is 0 Å². The molecule has 3 N–H and O–H groups in total. The van der Waals surface area contributed by atoms with E-state index in [2.05, 4.69) is 0 Å². The van der Waals surface area contributed by atoms with Crippen molar-refractivity contribution in [3.63, 3.8) is 0 Å². The first-order chi connectivity index (χ1) is 8.33. The van der Waals surface area contributed by atoms with E-state index in [-0.39, 0.29) is 18.3 Å². The molecule has 0 aromatic heterocycles. The molecule has 2 aromatic carbocycles. The Balaban J connectivity index is 0.00000162. The summed E-state index contributed by atoms with van der Waals surface area (Å²) in [5.41, 5.74) is 7.77. The van der Waals surface area contributed by atoms with Crippen LogP contribution in [-0.4, -0.2) is 11.7 Å². The maximum atomic E-state index is 10.4. The van der Waals surface area contributed by atoms with Gasteiger partial charge in [-0.15, -0.1) is 12.4 Å². The van der Waals surface area contributed by atoms with Crippen molar-refractivity contribution in [3.05, 3.63) is 71.8 Å².